The first-order chi connectivity index (χ1) is 12.2. The van der Waals surface area contributed by atoms with Crippen LogP contribution >= 0.6 is 0 Å². The summed E-state index contributed by atoms with van der Waals surface area (Å²) in [5.74, 6) is 1.78. The number of carbonyl (C=O) groups excluding carboxylic acids is 1. The standard InChI is InChI=1S/C19H19N3O3/c1-11-9-22(16-7-6-14-19(20-16)21-17(23)10-24-14)18-13-5-3-2-4-12(13)8-15(18)25-11/h2-7,11,15,18H,8-10H2,1H3,(H,20,21,23)/t11-,15+,18-/m1/s1. The summed E-state index contributed by atoms with van der Waals surface area (Å²) in [5, 5.41) is 2.80. The fourth-order valence-corrected chi connectivity index (χ4v) is 4.11. The second kappa shape index (κ2) is 5.46. The van der Waals surface area contributed by atoms with Gasteiger partial charge in [-0.3, -0.25) is 4.79 Å². The molecular formula is C19H19N3O3. The van der Waals surface area contributed by atoms with Crippen molar-refractivity contribution >= 4 is 17.5 Å². The largest absolute Gasteiger partial charge is 0.480 e. The number of benzene rings is 1. The number of aromatic nitrogens is 1. The van der Waals surface area contributed by atoms with Crippen LogP contribution in [-0.4, -0.2) is 36.3 Å². The van der Waals surface area contributed by atoms with Crippen LogP contribution in [0.3, 0.4) is 0 Å². The van der Waals surface area contributed by atoms with Gasteiger partial charge >= 0.3 is 0 Å². The molecule has 1 N–H and O–H groups in total. The molecule has 1 fully saturated rings. The van der Waals surface area contributed by atoms with Gasteiger partial charge in [-0.15, -0.1) is 0 Å². The molecule has 0 saturated carbocycles. The molecule has 128 valence electrons. The molecule has 3 atom stereocenters. The van der Waals surface area contributed by atoms with Gasteiger partial charge in [0.25, 0.3) is 5.91 Å². The Morgan fingerprint density at radius 2 is 2.12 bits per heavy atom. The Hall–Kier alpha value is -2.60. The SMILES string of the molecule is C[C@@H]1CN(c2ccc3c(n2)NC(=O)CO3)[C@@H]2c3ccccc3C[C@@H]2O1. The maximum Gasteiger partial charge on any atom is 0.263 e. The van der Waals surface area contributed by atoms with Gasteiger partial charge in [0.2, 0.25) is 0 Å². The van der Waals surface area contributed by atoms with Crippen molar-refractivity contribution in [2.75, 3.05) is 23.4 Å². The van der Waals surface area contributed by atoms with E-state index in [2.05, 4.69) is 46.4 Å². The van der Waals surface area contributed by atoms with E-state index in [1.54, 1.807) is 0 Å². The third-order valence-corrected chi connectivity index (χ3v) is 5.10. The van der Waals surface area contributed by atoms with Crippen molar-refractivity contribution in [3.63, 3.8) is 0 Å². The monoisotopic (exact) mass is 337 g/mol. The highest BCUT2D eigenvalue weighted by Crippen LogP contribution is 2.43. The topological polar surface area (TPSA) is 63.7 Å². The maximum absolute atomic E-state index is 11.6. The van der Waals surface area contributed by atoms with Gasteiger partial charge < -0.3 is 19.7 Å². The minimum absolute atomic E-state index is 0.0424. The van der Waals surface area contributed by atoms with Gasteiger partial charge in [0.15, 0.2) is 18.2 Å². The van der Waals surface area contributed by atoms with Gasteiger partial charge in [-0.2, -0.15) is 0 Å². The van der Waals surface area contributed by atoms with Crippen molar-refractivity contribution in [1.82, 2.24) is 4.98 Å². The Kier molecular flexibility index (Phi) is 3.21. The Morgan fingerprint density at radius 1 is 1.24 bits per heavy atom. The molecule has 3 aliphatic rings. The summed E-state index contributed by atoms with van der Waals surface area (Å²) in [4.78, 5) is 18.6. The number of amides is 1. The van der Waals surface area contributed by atoms with Crippen molar-refractivity contribution in [1.29, 1.82) is 0 Å². The predicted octanol–water partition coefficient (Wildman–Crippen LogP) is 2.30. The number of ether oxygens (including phenoxy) is 2. The lowest BCUT2D eigenvalue weighted by atomic mass is 10.0. The van der Waals surface area contributed by atoms with E-state index in [9.17, 15) is 4.79 Å². The first-order valence-electron chi connectivity index (χ1n) is 8.62. The molecule has 0 bridgehead atoms. The second-order valence-corrected chi connectivity index (χ2v) is 6.84. The highest BCUT2D eigenvalue weighted by atomic mass is 16.5. The quantitative estimate of drug-likeness (QED) is 0.865. The average Bonchev–Trinajstić information content (AvgIpc) is 2.98. The summed E-state index contributed by atoms with van der Waals surface area (Å²) in [7, 11) is 0. The van der Waals surface area contributed by atoms with Crippen LogP contribution in [0.15, 0.2) is 36.4 Å². The molecule has 2 aliphatic heterocycles. The van der Waals surface area contributed by atoms with Gasteiger partial charge in [-0.1, -0.05) is 24.3 Å². The van der Waals surface area contributed by atoms with E-state index in [4.69, 9.17) is 9.47 Å². The van der Waals surface area contributed by atoms with E-state index < -0.39 is 0 Å². The first kappa shape index (κ1) is 14.7. The Morgan fingerprint density at radius 3 is 3.04 bits per heavy atom. The van der Waals surface area contributed by atoms with Gasteiger partial charge in [-0.25, -0.2) is 4.98 Å². The molecular weight excluding hydrogens is 318 g/mol. The van der Waals surface area contributed by atoms with Gasteiger partial charge in [-0.05, 0) is 30.2 Å². The van der Waals surface area contributed by atoms with Crippen molar-refractivity contribution in [2.45, 2.75) is 31.6 Å². The summed E-state index contributed by atoms with van der Waals surface area (Å²) in [6.45, 7) is 2.90. The fraction of sp³-hybridized carbons (Fsp3) is 0.368. The van der Waals surface area contributed by atoms with E-state index in [1.807, 2.05) is 12.1 Å². The minimum Gasteiger partial charge on any atom is -0.480 e. The molecule has 1 aromatic heterocycles. The molecule has 25 heavy (non-hydrogen) atoms. The molecule has 3 heterocycles. The molecule has 1 aromatic carbocycles. The van der Waals surface area contributed by atoms with Crippen LogP contribution in [0.1, 0.15) is 24.1 Å². The normalized spacial score (nSPS) is 27.0. The number of morpholine rings is 1. The molecule has 0 spiro atoms. The number of nitrogens with one attached hydrogen (secondary N) is 1. The zero-order chi connectivity index (χ0) is 17.0. The third-order valence-electron chi connectivity index (χ3n) is 5.10. The van der Waals surface area contributed by atoms with Crippen LogP contribution in [0.2, 0.25) is 0 Å². The van der Waals surface area contributed by atoms with E-state index >= 15 is 0 Å². The highest BCUT2D eigenvalue weighted by Gasteiger charge is 2.42. The lowest BCUT2D eigenvalue weighted by Crippen LogP contribution is -2.48. The molecule has 0 radical (unpaired) electrons. The first-order valence-corrected chi connectivity index (χ1v) is 8.62. The van der Waals surface area contributed by atoms with Crippen LogP contribution in [0.4, 0.5) is 11.6 Å². The second-order valence-electron chi connectivity index (χ2n) is 6.84. The van der Waals surface area contributed by atoms with E-state index in [1.165, 1.54) is 11.1 Å². The fourth-order valence-electron chi connectivity index (χ4n) is 4.11. The van der Waals surface area contributed by atoms with Gasteiger partial charge in [0.1, 0.15) is 5.82 Å². The minimum atomic E-state index is -0.170. The molecule has 5 rings (SSSR count). The van der Waals surface area contributed by atoms with Gasteiger partial charge in [0.05, 0.1) is 18.2 Å². The number of rotatable bonds is 1. The molecule has 1 aliphatic carbocycles. The number of carbonyl (C=O) groups is 1. The number of hydrogen-bond acceptors (Lipinski definition) is 5. The van der Waals surface area contributed by atoms with Crippen molar-refractivity contribution in [3.05, 3.63) is 47.5 Å². The Bertz CT molecular complexity index is 854. The van der Waals surface area contributed by atoms with Crippen LogP contribution in [0, 0.1) is 0 Å². The van der Waals surface area contributed by atoms with E-state index in [0.29, 0.717) is 11.6 Å². The number of anilines is 2. The lowest BCUT2D eigenvalue weighted by Gasteiger charge is -2.42. The molecule has 6 heteroatoms. The summed E-state index contributed by atoms with van der Waals surface area (Å²) in [6, 6.07) is 12.5. The van der Waals surface area contributed by atoms with Crippen LogP contribution in [0.25, 0.3) is 0 Å². The van der Waals surface area contributed by atoms with E-state index in [-0.39, 0.29) is 30.8 Å². The predicted molar refractivity (Wildman–Crippen MR) is 92.9 cm³/mol. The summed E-state index contributed by atoms with van der Waals surface area (Å²) >= 11 is 0. The number of pyridine rings is 1. The van der Waals surface area contributed by atoms with Crippen molar-refractivity contribution < 1.29 is 14.3 Å². The van der Waals surface area contributed by atoms with Crippen molar-refractivity contribution in [2.24, 2.45) is 0 Å². The van der Waals surface area contributed by atoms with Crippen LogP contribution in [0.5, 0.6) is 5.75 Å². The molecule has 6 nitrogen and oxygen atoms in total. The summed E-state index contributed by atoms with van der Waals surface area (Å²) in [6.07, 6.45) is 1.18. The van der Waals surface area contributed by atoms with Crippen LogP contribution in [-0.2, 0) is 16.0 Å². The Balaban J connectivity index is 1.56. The number of fused-ring (bicyclic) bond motifs is 4. The van der Waals surface area contributed by atoms with Crippen molar-refractivity contribution in [3.8, 4) is 5.75 Å². The van der Waals surface area contributed by atoms with Crippen LogP contribution < -0.4 is 15.0 Å². The highest BCUT2D eigenvalue weighted by molar-refractivity contribution is 5.94. The zero-order valence-electron chi connectivity index (χ0n) is 13.9. The average molecular weight is 337 g/mol. The van der Waals surface area contributed by atoms with Gasteiger partial charge in [0, 0.05) is 13.0 Å². The summed E-state index contributed by atoms with van der Waals surface area (Å²) in [5.41, 5.74) is 2.64. The molecule has 1 saturated heterocycles. The number of hydrogen-bond donors (Lipinski definition) is 1. The third kappa shape index (κ3) is 2.36. The molecule has 2 aromatic rings. The molecule has 0 unspecified atom stereocenters. The smallest absolute Gasteiger partial charge is 0.263 e. The Labute approximate surface area is 145 Å². The number of nitrogens with zero attached hydrogens (tertiary/aromatic N) is 2. The summed E-state index contributed by atoms with van der Waals surface area (Å²) < 4.78 is 11.6. The van der Waals surface area contributed by atoms with E-state index in [0.717, 1.165) is 18.8 Å². The lowest BCUT2D eigenvalue weighted by molar-refractivity contribution is -0.118. The maximum atomic E-state index is 11.6. The zero-order valence-corrected chi connectivity index (χ0v) is 13.9. The molecule has 1 amide bonds.